The van der Waals surface area contributed by atoms with Gasteiger partial charge < -0.3 is 15.1 Å². The third kappa shape index (κ3) is 5.82. The second-order valence-corrected chi connectivity index (χ2v) is 6.54. The highest BCUT2D eigenvalue weighted by Crippen LogP contribution is 2.10. The summed E-state index contributed by atoms with van der Waals surface area (Å²) in [5.41, 5.74) is 0. The molecule has 2 heterocycles. The van der Waals surface area contributed by atoms with E-state index in [2.05, 4.69) is 32.3 Å². The van der Waals surface area contributed by atoms with Crippen molar-refractivity contribution >= 4 is 11.9 Å². The number of guanidine groups is 1. The van der Waals surface area contributed by atoms with Gasteiger partial charge in [0.25, 0.3) is 0 Å². The van der Waals surface area contributed by atoms with Gasteiger partial charge in [-0.25, -0.2) is 0 Å². The molecular formula is C18H33N5O. The zero-order valence-electron chi connectivity index (χ0n) is 15.3. The topological polar surface area (TPSA) is 51.2 Å². The summed E-state index contributed by atoms with van der Waals surface area (Å²) >= 11 is 0. The third-order valence-corrected chi connectivity index (χ3v) is 4.78. The van der Waals surface area contributed by atoms with Crippen molar-refractivity contribution in [3.63, 3.8) is 0 Å². The molecule has 0 spiro atoms. The van der Waals surface area contributed by atoms with E-state index in [4.69, 9.17) is 0 Å². The van der Waals surface area contributed by atoms with Crippen molar-refractivity contribution in [2.24, 2.45) is 4.99 Å². The number of hydrogen-bond acceptors (Lipinski definition) is 3. The number of aliphatic imine (C=N–C) groups is 1. The van der Waals surface area contributed by atoms with E-state index >= 15 is 0 Å². The summed E-state index contributed by atoms with van der Waals surface area (Å²) in [7, 11) is 1.84. The number of carbonyl (C=O) groups excluding carboxylic acids is 1. The Morgan fingerprint density at radius 3 is 2.38 bits per heavy atom. The number of nitrogens with zero attached hydrogens (tertiary/aromatic N) is 4. The number of nitrogens with one attached hydrogen (secondary N) is 1. The first-order valence-corrected chi connectivity index (χ1v) is 9.31. The fourth-order valence-corrected chi connectivity index (χ4v) is 3.32. The van der Waals surface area contributed by atoms with E-state index in [0.717, 1.165) is 71.0 Å². The Hall–Kier alpha value is -1.56. The van der Waals surface area contributed by atoms with Crippen LogP contribution < -0.4 is 5.32 Å². The van der Waals surface area contributed by atoms with E-state index < -0.39 is 0 Å². The Morgan fingerprint density at radius 1 is 1.04 bits per heavy atom. The maximum atomic E-state index is 12.4. The summed E-state index contributed by atoms with van der Waals surface area (Å²) in [4.78, 5) is 23.4. The minimum absolute atomic E-state index is 0.303. The van der Waals surface area contributed by atoms with Crippen LogP contribution in [-0.4, -0.2) is 86.0 Å². The molecule has 0 aromatic heterocycles. The molecule has 1 N–H and O–H groups in total. The first kappa shape index (κ1) is 18.8. The van der Waals surface area contributed by atoms with Gasteiger partial charge in [-0.3, -0.25) is 14.7 Å². The second-order valence-electron chi connectivity index (χ2n) is 6.54. The summed E-state index contributed by atoms with van der Waals surface area (Å²) in [5.74, 6) is 1.28. The summed E-state index contributed by atoms with van der Waals surface area (Å²) in [6.07, 6.45) is 8.83. The van der Waals surface area contributed by atoms with Crippen molar-refractivity contribution in [1.29, 1.82) is 0 Å². The number of likely N-dealkylation sites (tertiary alicyclic amines) is 1. The lowest BCUT2D eigenvalue weighted by molar-refractivity contribution is -0.133. The van der Waals surface area contributed by atoms with Crippen LogP contribution in [-0.2, 0) is 4.79 Å². The highest BCUT2D eigenvalue weighted by Gasteiger charge is 2.23. The van der Waals surface area contributed by atoms with E-state index in [0.29, 0.717) is 12.5 Å². The van der Waals surface area contributed by atoms with Gasteiger partial charge in [0.1, 0.15) is 0 Å². The van der Waals surface area contributed by atoms with Gasteiger partial charge in [-0.15, -0.1) is 0 Å². The van der Waals surface area contributed by atoms with E-state index in [9.17, 15) is 4.79 Å². The average molecular weight is 335 g/mol. The maximum absolute atomic E-state index is 12.4. The van der Waals surface area contributed by atoms with Crippen LogP contribution in [0, 0.1) is 0 Å². The van der Waals surface area contributed by atoms with Crippen molar-refractivity contribution < 1.29 is 4.79 Å². The minimum Gasteiger partial charge on any atom is -0.356 e. The Labute approximate surface area is 146 Å². The predicted octanol–water partition coefficient (Wildman–Crippen LogP) is 1.16. The van der Waals surface area contributed by atoms with E-state index in [-0.39, 0.29) is 0 Å². The Balaban J connectivity index is 1.70. The Kier molecular flexibility index (Phi) is 8.08. The zero-order valence-corrected chi connectivity index (χ0v) is 15.3. The van der Waals surface area contributed by atoms with Gasteiger partial charge in [0.2, 0.25) is 5.91 Å². The highest BCUT2D eigenvalue weighted by molar-refractivity contribution is 5.80. The largest absolute Gasteiger partial charge is 0.356 e. The normalized spacial score (nSPS) is 20.7. The summed E-state index contributed by atoms with van der Waals surface area (Å²) in [5, 5.41) is 3.41. The van der Waals surface area contributed by atoms with Gasteiger partial charge in [0.15, 0.2) is 5.96 Å². The van der Waals surface area contributed by atoms with Crippen LogP contribution in [0.1, 0.15) is 32.6 Å². The molecule has 0 aromatic carbocycles. The van der Waals surface area contributed by atoms with Gasteiger partial charge in [-0.2, -0.15) is 0 Å². The minimum atomic E-state index is 0.303. The van der Waals surface area contributed by atoms with Crippen LogP contribution in [0.2, 0.25) is 0 Å². The van der Waals surface area contributed by atoms with Crippen LogP contribution in [0.3, 0.4) is 0 Å². The number of rotatable bonds is 5. The smallest absolute Gasteiger partial charge is 0.236 e. The molecule has 24 heavy (non-hydrogen) atoms. The SMILES string of the molecule is CC=CCCNC(=NC)N1CCN(CC(=O)N2CCCCC2)CC1. The quantitative estimate of drug-likeness (QED) is 0.354. The molecule has 136 valence electrons. The molecule has 0 saturated carbocycles. The zero-order chi connectivity index (χ0) is 17.2. The molecule has 0 atom stereocenters. The third-order valence-electron chi connectivity index (χ3n) is 4.78. The molecule has 2 saturated heterocycles. The molecule has 6 nitrogen and oxygen atoms in total. The van der Waals surface area contributed by atoms with Crippen molar-refractivity contribution in [2.75, 3.05) is 59.4 Å². The van der Waals surface area contributed by atoms with Crippen LogP contribution in [0.4, 0.5) is 0 Å². The Bertz CT molecular complexity index is 435. The van der Waals surface area contributed by atoms with Gasteiger partial charge >= 0.3 is 0 Å². The van der Waals surface area contributed by atoms with Crippen LogP contribution in [0.15, 0.2) is 17.1 Å². The number of hydrogen-bond donors (Lipinski definition) is 1. The lowest BCUT2D eigenvalue weighted by Gasteiger charge is -2.37. The monoisotopic (exact) mass is 335 g/mol. The standard InChI is InChI=1S/C18H33N5O/c1-3-4-6-9-20-18(19-2)23-14-12-21(13-15-23)16-17(24)22-10-7-5-8-11-22/h3-4H,5-16H2,1-2H3,(H,19,20). The van der Waals surface area contributed by atoms with E-state index in [1.807, 2.05) is 18.9 Å². The van der Waals surface area contributed by atoms with Crippen molar-refractivity contribution in [3.05, 3.63) is 12.2 Å². The molecular weight excluding hydrogens is 302 g/mol. The second kappa shape index (κ2) is 10.3. The molecule has 0 bridgehead atoms. The number of piperidine rings is 1. The maximum Gasteiger partial charge on any atom is 0.236 e. The molecule has 0 unspecified atom stereocenters. The number of carbonyl (C=O) groups is 1. The fourth-order valence-electron chi connectivity index (χ4n) is 3.32. The van der Waals surface area contributed by atoms with Gasteiger partial charge in [0.05, 0.1) is 6.54 Å². The van der Waals surface area contributed by atoms with Crippen molar-refractivity contribution in [2.45, 2.75) is 32.6 Å². The molecule has 0 aromatic rings. The summed E-state index contributed by atoms with van der Waals surface area (Å²) < 4.78 is 0. The van der Waals surface area contributed by atoms with Crippen molar-refractivity contribution in [1.82, 2.24) is 20.0 Å². The molecule has 2 fully saturated rings. The predicted molar refractivity (Wildman–Crippen MR) is 99.2 cm³/mol. The molecule has 6 heteroatoms. The van der Waals surface area contributed by atoms with Crippen LogP contribution in [0.25, 0.3) is 0 Å². The molecule has 0 radical (unpaired) electrons. The van der Waals surface area contributed by atoms with E-state index in [1.54, 1.807) is 0 Å². The van der Waals surface area contributed by atoms with Crippen molar-refractivity contribution in [3.8, 4) is 0 Å². The molecule has 0 aliphatic carbocycles. The number of amides is 1. The van der Waals surface area contributed by atoms with Gasteiger partial charge in [-0.05, 0) is 32.6 Å². The fraction of sp³-hybridized carbons (Fsp3) is 0.778. The lowest BCUT2D eigenvalue weighted by atomic mass is 10.1. The molecule has 1 amide bonds. The Morgan fingerprint density at radius 2 is 1.75 bits per heavy atom. The van der Waals surface area contributed by atoms with Crippen LogP contribution in [0.5, 0.6) is 0 Å². The summed E-state index contributed by atoms with van der Waals surface area (Å²) in [6.45, 7) is 9.12. The summed E-state index contributed by atoms with van der Waals surface area (Å²) in [6, 6.07) is 0. The van der Waals surface area contributed by atoms with Gasteiger partial charge in [-0.1, -0.05) is 12.2 Å². The lowest BCUT2D eigenvalue weighted by Crippen LogP contribution is -2.54. The molecule has 2 aliphatic rings. The first-order chi connectivity index (χ1) is 11.7. The first-order valence-electron chi connectivity index (χ1n) is 9.31. The van der Waals surface area contributed by atoms with Crippen LogP contribution >= 0.6 is 0 Å². The molecule has 2 aliphatic heterocycles. The average Bonchev–Trinajstić information content (AvgIpc) is 2.63. The van der Waals surface area contributed by atoms with E-state index in [1.165, 1.54) is 6.42 Å². The highest BCUT2D eigenvalue weighted by atomic mass is 16.2. The van der Waals surface area contributed by atoms with Gasteiger partial charge in [0, 0.05) is 52.9 Å². The molecule has 2 rings (SSSR count). The number of piperazine rings is 1. The number of allylic oxidation sites excluding steroid dienone is 1.